The largest absolute Gasteiger partial charge is 0.236 e. The van der Waals surface area contributed by atoms with Crippen LogP contribution in [0.15, 0.2) is 19.1 Å². The van der Waals surface area contributed by atoms with Crippen molar-refractivity contribution in [3.05, 3.63) is 24.8 Å². The van der Waals surface area contributed by atoms with Gasteiger partial charge in [-0.15, -0.1) is 0 Å². The zero-order chi connectivity index (χ0) is 8.55. The molecule has 1 unspecified atom stereocenters. The standard InChI is InChI=1S/C7H7N4P/c1-2-6-5-3-10-11(12)7(5)9-4-8-6/h2-4H,1,12H2. The predicted octanol–water partition coefficient (Wildman–Crippen LogP) is 1.11. The van der Waals surface area contributed by atoms with Crippen LogP contribution in [0.3, 0.4) is 0 Å². The molecule has 0 bridgehead atoms. The van der Waals surface area contributed by atoms with Gasteiger partial charge in [-0.25, -0.2) is 14.4 Å². The lowest BCUT2D eigenvalue weighted by Crippen LogP contribution is -1.87. The molecule has 0 aliphatic heterocycles. The van der Waals surface area contributed by atoms with Gasteiger partial charge >= 0.3 is 0 Å². The topological polar surface area (TPSA) is 43.6 Å². The van der Waals surface area contributed by atoms with Crippen LogP contribution in [0.1, 0.15) is 5.69 Å². The Hall–Kier alpha value is -1.28. The fourth-order valence-electron chi connectivity index (χ4n) is 1.04. The molecule has 0 aliphatic rings. The second kappa shape index (κ2) is 2.64. The van der Waals surface area contributed by atoms with Crippen LogP contribution in [0, 0.1) is 0 Å². The molecule has 5 heteroatoms. The van der Waals surface area contributed by atoms with Crippen molar-refractivity contribution >= 4 is 26.5 Å². The van der Waals surface area contributed by atoms with E-state index in [-0.39, 0.29) is 0 Å². The third-order valence-corrected chi connectivity index (χ3v) is 1.99. The molecule has 0 saturated heterocycles. The average molecular weight is 178 g/mol. The first-order chi connectivity index (χ1) is 5.83. The first kappa shape index (κ1) is 7.37. The fraction of sp³-hybridized carbons (Fsp3) is 0. The lowest BCUT2D eigenvalue weighted by Gasteiger charge is -1.93. The maximum absolute atomic E-state index is 4.07. The molecule has 2 heterocycles. The molecule has 0 radical (unpaired) electrons. The summed E-state index contributed by atoms with van der Waals surface area (Å²) in [5, 5.41) is 4.95. The van der Waals surface area contributed by atoms with Crippen LogP contribution >= 0.6 is 9.39 Å². The summed E-state index contributed by atoms with van der Waals surface area (Å²) in [5.41, 5.74) is 1.61. The second-order valence-corrected chi connectivity index (χ2v) is 2.78. The Labute approximate surface area is 71.6 Å². The van der Waals surface area contributed by atoms with E-state index in [0.29, 0.717) is 0 Å². The predicted molar refractivity (Wildman–Crippen MR) is 50.5 cm³/mol. The molecular weight excluding hydrogens is 171 g/mol. The third kappa shape index (κ3) is 0.924. The molecule has 0 fully saturated rings. The molecule has 2 aromatic rings. The molecular formula is C7H7N4P. The van der Waals surface area contributed by atoms with Gasteiger partial charge in [-0.05, 0) is 15.5 Å². The smallest absolute Gasteiger partial charge is 0.164 e. The highest BCUT2D eigenvalue weighted by atomic mass is 31.0. The van der Waals surface area contributed by atoms with Crippen molar-refractivity contribution in [1.82, 2.24) is 19.5 Å². The van der Waals surface area contributed by atoms with Gasteiger partial charge in [0.2, 0.25) is 0 Å². The van der Waals surface area contributed by atoms with E-state index < -0.39 is 0 Å². The van der Waals surface area contributed by atoms with Crippen LogP contribution in [0.5, 0.6) is 0 Å². The first-order valence-electron chi connectivity index (χ1n) is 3.39. The van der Waals surface area contributed by atoms with Crippen LogP contribution in [-0.4, -0.2) is 19.5 Å². The summed E-state index contributed by atoms with van der Waals surface area (Å²) >= 11 is 0. The highest BCUT2D eigenvalue weighted by molar-refractivity contribution is 7.14. The second-order valence-electron chi connectivity index (χ2n) is 2.29. The first-order valence-corrected chi connectivity index (χ1v) is 3.91. The maximum Gasteiger partial charge on any atom is 0.164 e. The lowest BCUT2D eigenvalue weighted by atomic mass is 10.3. The van der Waals surface area contributed by atoms with Crippen molar-refractivity contribution in [3.8, 4) is 0 Å². The van der Waals surface area contributed by atoms with Crippen molar-refractivity contribution < 1.29 is 0 Å². The summed E-state index contributed by atoms with van der Waals surface area (Å²) in [5.74, 6) is 0. The summed E-state index contributed by atoms with van der Waals surface area (Å²) in [6, 6.07) is 0. The third-order valence-electron chi connectivity index (χ3n) is 1.62. The van der Waals surface area contributed by atoms with Gasteiger partial charge in [-0.2, -0.15) is 5.10 Å². The Morgan fingerprint density at radius 2 is 2.33 bits per heavy atom. The van der Waals surface area contributed by atoms with E-state index in [2.05, 4.69) is 31.0 Å². The van der Waals surface area contributed by atoms with Gasteiger partial charge in [-0.3, -0.25) is 0 Å². The molecule has 0 N–H and O–H groups in total. The zero-order valence-electron chi connectivity index (χ0n) is 6.31. The zero-order valence-corrected chi connectivity index (χ0v) is 7.46. The van der Waals surface area contributed by atoms with Crippen LogP contribution in [0.2, 0.25) is 0 Å². The number of hydrogen-bond donors (Lipinski definition) is 0. The molecule has 2 aromatic heterocycles. The Morgan fingerprint density at radius 3 is 3.08 bits per heavy atom. The van der Waals surface area contributed by atoms with E-state index in [1.165, 1.54) is 6.33 Å². The molecule has 12 heavy (non-hydrogen) atoms. The van der Waals surface area contributed by atoms with E-state index in [9.17, 15) is 0 Å². The molecule has 1 atom stereocenters. The van der Waals surface area contributed by atoms with E-state index >= 15 is 0 Å². The van der Waals surface area contributed by atoms with Crippen molar-refractivity contribution in [2.24, 2.45) is 0 Å². The van der Waals surface area contributed by atoms with E-state index in [1.54, 1.807) is 16.7 Å². The fourth-order valence-corrected chi connectivity index (χ4v) is 1.32. The minimum Gasteiger partial charge on any atom is -0.236 e. The molecule has 60 valence electrons. The van der Waals surface area contributed by atoms with Crippen molar-refractivity contribution in [3.63, 3.8) is 0 Å². The normalized spacial score (nSPS) is 10.4. The number of rotatable bonds is 1. The Kier molecular flexibility index (Phi) is 1.62. The number of hydrogen-bond acceptors (Lipinski definition) is 3. The average Bonchev–Trinajstić information content (AvgIpc) is 2.48. The summed E-state index contributed by atoms with van der Waals surface area (Å²) in [4.78, 5) is 8.12. The molecule has 2 rings (SSSR count). The minimum absolute atomic E-state index is 0.796. The summed E-state index contributed by atoms with van der Waals surface area (Å²) in [7, 11) is 2.45. The summed E-state index contributed by atoms with van der Waals surface area (Å²) < 4.78 is 1.63. The van der Waals surface area contributed by atoms with Crippen LogP contribution < -0.4 is 0 Å². The highest BCUT2D eigenvalue weighted by Gasteiger charge is 2.03. The highest BCUT2D eigenvalue weighted by Crippen LogP contribution is 2.15. The van der Waals surface area contributed by atoms with Crippen molar-refractivity contribution in [1.29, 1.82) is 0 Å². The van der Waals surface area contributed by atoms with Gasteiger partial charge in [0.15, 0.2) is 5.65 Å². The summed E-state index contributed by atoms with van der Waals surface area (Å²) in [6.45, 7) is 3.66. The molecule has 0 aromatic carbocycles. The van der Waals surface area contributed by atoms with Crippen LogP contribution in [-0.2, 0) is 0 Å². The van der Waals surface area contributed by atoms with Crippen molar-refractivity contribution in [2.45, 2.75) is 0 Å². The molecule has 4 nitrogen and oxygen atoms in total. The van der Waals surface area contributed by atoms with Crippen LogP contribution in [0.4, 0.5) is 0 Å². The Balaban J connectivity index is 2.89. The SMILES string of the molecule is C=Cc1ncnc2c1cnn2P. The van der Waals surface area contributed by atoms with Gasteiger partial charge in [0.25, 0.3) is 0 Å². The van der Waals surface area contributed by atoms with E-state index in [1.807, 2.05) is 0 Å². The molecule has 0 amide bonds. The van der Waals surface area contributed by atoms with Gasteiger partial charge in [-0.1, -0.05) is 6.58 Å². The van der Waals surface area contributed by atoms with Gasteiger partial charge in [0, 0.05) is 0 Å². The summed E-state index contributed by atoms with van der Waals surface area (Å²) in [6.07, 6.45) is 4.91. The maximum atomic E-state index is 4.07. The van der Waals surface area contributed by atoms with E-state index in [4.69, 9.17) is 0 Å². The number of aromatic nitrogens is 4. The van der Waals surface area contributed by atoms with Crippen LogP contribution in [0.25, 0.3) is 17.1 Å². The Morgan fingerprint density at radius 1 is 1.50 bits per heavy atom. The Bertz CT molecular complexity index is 434. The quantitative estimate of drug-likeness (QED) is 0.614. The number of fused-ring (bicyclic) bond motifs is 1. The van der Waals surface area contributed by atoms with Crippen molar-refractivity contribution in [2.75, 3.05) is 0 Å². The molecule has 0 saturated carbocycles. The monoisotopic (exact) mass is 178 g/mol. The van der Waals surface area contributed by atoms with Gasteiger partial charge in [0.05, 0.1) is 17.3 Å². The minimum atomic E-state index is 0.796. The molecule has 0 spiro atoms. The van der Waals surface area contributed by atoms with Gasteiger partial charge in [0.1, 0.15) is 6.33 Å². The van der Waals surface area contributed by atoms with Gasteiger partial charge < -0.3 is 0 Å². The molecule has 0 aliphatic carbocycles. The van der Waals surface area contributed by atoms with E-state index in [0.717, 1.165) is 16.7 Å². The lowest BCUT2D eigenvalue weighted by molar-refractivity contribution is 1.02. The number of nitrogens with zero attached hydrogens (tertiary/aromatic N) is 4.